The molecule has 1 aliphatic rings. The molecule has 8 heteroatoms. The number of nitrogens with one attached hydrogen (secondary N) is 1. The Kier molecular flexibility index (Phi) is 6.94. The smallest absolute Gasteiger partial charge is 0.233 e. The van der Waals surface area contributed by atoms with Gasteiger partial charge < -0.3 is 9.73 Å². The summed E-state index contributed by atoms with van der Waals surface area (Å²) in [6.07, 6.45) is 5.81. The fourth-order valence-electron chi connectivity index (χ4n) is 3.68. The molecule has 0 saturated heterocycles. The summed E-state index contributed by atoms with van der Waals surface area (Å²) in [5, 5.41) is 12.4. The van der Waals surface area contributed by atoms with Crippen LogP contribution in [-0.4, -0.2) is 32.0 Å². The van der Waals surface area contributed by atoms with Gasteiger partial charge in [-0.25, -0.2) is 0 Å². The number of thioether (sulfide) groups is 1. The van der Waals surface area contributed by atoms with Crippen LogP contribution in [0.3, 0.4) is 0 Å². The molecule has 1 aliphatic carbocycles. The van der Waals surface area contributed by atoms with E-state index in [-0.39, 0.29) is 11.2 Å². The molecule has 6 nitrogen and oxygen atoms in total. The van der Waals surface area contributed by atoms with Gasteiger partial charge in [0.25, 0.3) is 0 Å². The van der Waals surface area contributed by atoms with Crippen molar-refractivity contribution >= 4 is 33.6 Å². The van der Waals surface area contributed by atoms with Crippen molar-refractivity contribution in [3.8, 4) is 11.6 Å². The van der Waals surface area contributed by atoms with Gasteiger partial charge in [0, 0.05) is 6.04 Å². The number of hydrogen-bond acceptors (Lipinski definition) is 5. The molecule has 4 rings (SSSR count). The van der Waals surface area contributed by atoms with E-state index in [1.807, 2.05) is 41.8 Å². The summed E-state index contributed by atoms with van der Waals surface area (Å²) in [4.78, 5) is 12.8. The Morgan fingerprint density at radius 3 is 2.67 bits per heavy atom. The molecule has 30 heavy (non-hydrogen) atoms. The van der Waals surface area contributed by atoms with Crippen LogP contribution in [0.1, 0.15) is 44.6 Å². The van der Waals surface area contributed by atoms with Gasteiger partial charge >= 0.3 is 0 Å². The zero-order valence-electron chi connectivity index (χ0n) is 16.9. The van der Waals surface area contributed by atoms with Gasteiger partial charge in [-0.15, -0.1) is 10.2 Å². The van der Waals surface area contributed by atoms with Gasteiger partial charge in [0.05, 0.1) is 11.8 Å². The second kappa shape index (κ2) is 9.83. The molecule has 2 heterocycles. The summed E-state index contributed by atoms with van der Waals surface area (Å²) < 4.78 is 8.37. The molecule has 0 radical (unpaired) electrons. The Bertz CT molecular complexity index is 982. The summed E-state index contributed by atoms with van der Waals surface area (Å²) >= 11 is 4.78. The maximum Gasteiger partial charge on any atom is 0.233 e. The van der Waals surface area contributed by atoms with Crippen LogP contribution in [0.25, 0.3) is 11.6 Å². The van der Waals surface area contributed by atoms with E-state index in [9.17, 15) is 4.79 Å². The van der Waals surface area contributed by atoms with E-state index in [0.29, 0.717) is 34.0 Å². The predicted octanol–water partition coefficient (Wildman–Crippen LogP) is 5.28. The van der Waals surface area contributed by atoms with E-state index in [2.05, 4.69) is 43.6 Å². The number of hydrogen-bond donors (Lipinski definition) is 1. The van der Waals surface area contributed by atoms with Crippen molar-refractivity contribution in [2.75, 3.05) is 0 Å². The summed E-state index contributed by atoms with van der Waals surface area (Å²) in [6.45, 7) is 2.52. The molecule has 1 N–H and O–H groups in total. The Morgan fingerprint density at radius 2 is 1.97 bits per heavy atom. The lowest BCUT2D eigenvalue weighted by atomic mass is 9.95. The lowest BCUT2D eigenvalue weighted by Gasteiger charge is -2.24. The molecular weight excluding hydrogens is 464 g/mol. The zero-order chi connectivity index (χ0) is 20.9. The van der Waals surface area contributed by atoms with Crippen molar-refractivity contribution in [2.45, 2.75) is 62.0 Å². The molecule has 1 aromatic carbocycles. The molecule has 1 saturated carbocycles. The lowest BCUT2D eigenvalue weighted by molar-refractivity contribution is -0.121. The Morgan fingerprint density at radius 1 is 1.20 bits per heavy atom. The highest BCUT2D eigenvalue weighted by atomic mass is 79.9. The molecule has 1 fully saturated rings. The Balaban J connectivity index is 1.54. The topological polar surface area (TPSA) is 73.0 Å². The fraction of sp³-hybridized carbons (Fsp3) is 0.409. The molecule has 0 spiro atoms. The van der Waals surface area contributed by atoms with Crippen LogP contribution in [-0.2, 0) is 11.3 Å². The van der Waals surface area contributed by atoms with Crippen LogP contribution in [0.15, 0.2) is 56.7 Å². The largest absolute Gasteiger partial charge is 0.446 e. The van der Waals surface area contributed by atoms with Gasteiger partial charge in [-0.3, -0.25) is 9.36 Å². The minimum absolute atomic E-state index is 0.0588. The number of rotatable bonds is 7. The first-order valence-electron chi connectivity index (χ1n) is 10.3. The average Bonchev–Trinajstić information content (AvgIpc) is 3.35. The van der Waals surface area contributed by atoms with Gasteiger partial charge in [0.1, 0.15) is 0 Å². The highest BCUT2D eigenvalue weighted by Crippen LogP contribution is 2.30. The Hall–Kier alpha value is -2.06. The van der Waals surface area contributed by atoms with Gasteiger partial charge in [0.15, 0.2) is 15.6 Å². The number of benzene rings is 1. The number of nitrogens with zero attached hydrogens (tertiary/aromatic N) is 3. The fourth-order valence-corrected chi connectivity index (χ4v) is 4.84. The van der Waals surface area contributed by atoms with Gasteiger partial charge in [-0.05, 0) is 53.4 Å². The van der Waals surface area contributed by atoms with E-state index in [1.165, 1.54) is 31.0 Å². The maximum absolute atomic E-state index is 12.8. The van der Waals surface area contributed by atoms with Crippen LogP contribution < -0.4 is 5.32 Å². The van der Waals surface area contributed by atoms with Crippen LogP contribution in [0.2, 0.25) is 0 Å². The molecule has 0 bridgehead atoms. The van der Waals surface area contributed by atoms with E-state index in [1.54, 1.807) is 0 Å². The minimum atomic E-state index is -0.262. The summed E-state index contributed by atoms with van der Waals surface area (Å²) in [5.41, 5.74) is 1.13. The van der Waals surface area contributed by atoms with Gasteiger partial charge in [-0.1, -0.05) is 61.4 Å². The molecule has 0 aliphatic heterocycles. The van der Waals surface area contributed by atoms with Gasteiger partial charge in [0.2, 0.25) is 11.7 Å². The standard InChI is InChI=1S/C22H25BrN4O2S/c1-15(21(28)24-17-10-6-3-7-11-17)30-22-26-25-20(18-12-13-19(23)29-18)27(22)14-16-8-4-2-5-9-16/h2,4-5,8-9,12-13,15,17H,3,6-7,10-11,14H2,1H3,(H,24,28). The van der Waals surface area contributed by atoms with Crippen molar-refractivity contribution in [3.63, 3.8) is 0 Å². The van der Waals surface area contributed by atoms with E-state index >= 15 is 0 Å². The first-order chi connectivity index (χ1) is 14.6. The summed E-state index contributed by atoms with van der Waals surface area (Å²) in [7, 11) is 0. The van der Waals surface area contributed by atoms with Crippen molar-refractivity contribution in [1.82, 2.24) is 20.1 Å². The first-order valence-corrected chi connectivity index (χ1v) is 12.0. The zero-order valence-corrected chi connectivity index (χ0v) is 19.3. The maximum atomic E-state index is 12.8. The molecule has 158 valence electrons. The average molecular weight is 489 g/mol. The van der Waals surface area contributed by atoms with Crippen molar-refractivity contribution in [1.29, 1.82) is 0 Å². The van der Waals surface area contributed by atoms with Crippen LogP contribution in [0.4, 0.5) is 0 Å². The summed E-state index contributed by atoms with van der Waals surface area (Å²) in [6, 6.07) is 14.1. The van der Waals surface area contributed by atoms with Crippen molar-refractivity contribution in [2.24, 2.45) is 0 Å². The SMILES string of the molecule is CC(Sc1nnc(-c2ccc(Br)o2)n1Cc1ccccc1)C(=O)NC1CCCCC1. The minimum Gasteiger partial charge on any atom is -0.446 e. The van der Waals surface area contributed by atoms with Crippen molar-refractivity contribution < 1.29 is 9.21 Å². The predicted molar refractivity (Wildman–Crippen MR) is 121 cm³/mol. The second-order valence-corrected chi connectivity index (χ2v) is 9.67. The molecule has 1 atom stereocenters. The summed E-state index contributed by atoms with van der Waals surface area (Å²) in [5.74, 6) is 1.34. The van der Waals surface area contributed by atoms with Crippen LogP contribution in [0.5, 0.6) is 0 Å². The third-order valence-electron chi connectivity index (χ3n) is 5.30. The number of furan rings is 1. The van der Waals surface area contributed by atoms with E-state index in [4.69, 9.17) is 4.42 Å². The number of carbonyl (C=O) groups excluding carboxylic acids is 1. The second-order valence-electron chi connectivity index (χ2n) is 7.59. The van der Waals surface area contributed by atoms with Crippen LogP contribution in [0, 0.1) is 0 Å². The van der Waals surface area contributed by atoms with E-state index < -0.39 is 0 Å². The highest BCUT2D eigenvalue weighted by molar-refractivity contribution is 9.10. The third kappa shape index (κ3) is 5.16. The number of carbonyl (C=O) groups is 1. The quantitative estimate of drug-likeness (QED) is 0.458. The number of aromatic nitrogens is 3. The first kappa shape index (κ1) is 21.2. The highest BCUT2D eigenvalue weighted by Gasteiger charge is 2.24. The molecule has 2 aromatic heterocycles. The van der Waals surface area contributed by atoms with Crippen LogP contribution >= 0.6 is 27.7 Å². The molecule has 1 amide bonds. The lowest BCUT2D eigenvalue weighted by Crippen LogP contribution is -2.40. The molecule has 3 aromatic rings. The normalized spacial score (nSPS) is 15.8. The van der Waals surface area contributed by atoms with Gasteiger partial charge in [-0.2, -0.15) is 0 Å². The van der Waals surface area contributed by atoms with E-state index in [0.717, 1.165) is 18.4 Å². The Labute approximate surface area is 189 Å². The number of halogens is 1. The monoisotopic (exact) mass is 488 g/mol. The number of amides is 1. The molecular formula is C22H25BrN4O2S. The molecule has 1 unspecified atom stereocenters. The van der Waals surface area contributed by atoms with Crippen molar-refractivity contribution in [3.05, 3.63) is 52.7 Å². The third-order valence-corrected chi connectivity index (χ3v) is 6.80.